The summed E-state index contributed by atoms with van der Waals surface area (Å²) in [5, 5.41) is 12.7. The monoisotopic (exact) mass is 427 g/mol. The van der Waals surface area contributed by atoms with E-state index in [1.807, 2.05) is 54.6 Å². The number of benzene rings is 2. The predicted molar refractivity (Wildman–Crippen MR) is 125 cm³/mol. The van der Waals surface area contributed by atoms with Crippen LogP contribution in [0.15, 0.2) is 66.9 Å². The summed E-state index contributed by atoms with van der Waals surface area (Å²) in [7, 11) is 1.66. The molecule has 32 heavy (non-hydrogen) atoms. The Kier molecular flexibility index (Phi) is 5.46. The molecule has 1 atom stereocenters. The van der Waals surface area contributed by atoms with Crippen molar-refractivity contribution >= 4 is 22.5 Å². The highest BCUT2D eigenvalue weighted by Gasteiger charge is 2.24. The van der Waals surface area contributed by atoms with Crippen LogP contribution in [0.1, 0.15) is 23.3 Å². The third-order valence-corrected chi connectivity index (χ3v) is 5.93. The lowest BCUT2D eigenvalue weighted by molar-refractivity contribution is 0.0930. The molecule has 1 aliphatic heterocycles. The molecule has 1 unspecified atom stereocenters. The maximum atomic E-state index is 13.0. The van der Waals surface area contributed by atoms with Crippen molar-refractivity contribution in [1.82, 2.24) is 20.5 Å². The van der Waals surface area contributed by atoms with Gasteiger partial charge in [0.1, 0.15) is 11.4 Å². The van der Waals surface area contributed by atoms with Crippen molar-refractivity contribution in [3.8, 4) is 17.0 Å². The fourth-order valence-electron chi connectivity index (χ4n) is 4.25. The van der Waals surface area contributed by atoms with Crippen molar-refractivity contribution in [1.29, 1.82) is 0 Å². The molecular formula is C25H25N5O2. The van der Waals surface area contributed by atoms with E-state index in [4.69, 9.17) is 4.74 Å². The molecular weight excluding hydrogens is 402 g/mol. The van der Waals surface area contributed by atoms with Gasteiger partial charge in [-0.1, -0.05) is 24.3 Å². The number of hydrogen-bond acceptors (Lipinski definition) is 5. The molecule has 1 saturated heterocycles. The number of carbonyl (C=O) groups is 1. The van der Waals surface area contributed by atoms with E-state index in [2.05, 4.69) is 31.5 Å². The standard InChI is InChI=1S/C25H25N5O2/c1-32-20-10-8-18(9-11-20)22-15-23(29-28-22)30-14-4-6-19(16-30)27-25(31)24-21-7-3-2-5-17(21)12-13-26-24/h2-3,5,7-13,15,19H,4,6,14,16H2,1H3,(H,27,31)(H,28,29). The molecule has 7 heteroatoms. The van der Waals surface area contributed by atoms with Crippen molar-refractivity contribution in [3.63, 3.8) is 0 Å². The van der Waals surface area contributed by atoms with Crippen LogP contribution in [0.25, 0.3) is 22.0 Å². The SMILES string of the molecule is COc1ccc(-c2cc(N3CCCC(NC(=O)c4nccc5ccccc45)C3)n[nH]2)cc1. The van der Waals surface area contributed by atoms with Gasteiger partial charge in [0.2, 0.25) is 0 Å². The number of piperidine rings is 1. The molecule has 7 nitrogen and oxygen atoms in total. The van der Waals surface area contributed by atoms with Crippen LogP contribution in [0.2, 0.25) is 0 Å². The van der Waals surface area contributed by atoms with E-state index in [-0.39, 0.29) is 11.9 Å². The first-order chi connectivity index (χ1) is 15.7. The van der Waals surface area contributed by atoms with Gasteiger partial charge >= 0.3 is 0 Å². The second-order valence-electron chi connectivity index (χ2n) is 8.01. The molecule has 0 radical (unpaired) electrons. The summed E-state index contributed by atoms with van der Waals surface area (Å²) in [6, 6.07) is 19.7. The molecule has 162 valence electrons. The summed E-state index contributed by atoms with van der Waals surface area (Å²) in [5.74, 6) is 1.58. The number of amides is 1. The number of carbonyl (C=O) groups excluding carboxylic acids is 1. The first-order valence-corrected chi connectivity index (χ1v) is 10.8. The number of pyridine rings is 1. The summed E-state index contributed by atoms with van der Waals surface area (Å²) in [6.07, 6.45) is 3.61. The zero-order chi connectivity index (χ0) is 21.9. The maximum absolute atomic E-state index is 13.0. The second-order valence-corrected chi connectivity index (χ2v) is 8.01. The maximum Gasteiger partial charge on any atom is 0.270 e. The molecule has 2 aromatic heterocycles. The summed E-state index contributed by atoms with van der Waals surface area (Å²) >= 11 is 0. The number of ether oxygens (including phenoxy) is 1. The number of fused-ring (bicyclic) bond motifs is 1. The molecule has 4 aromatic rings. The summed E-state index contributed by atoms with van der Waals surface area (Å²) in [4.78, 5) is 19.6. The van der Waals surface area contributed by atoms with Crippen LogP contribution in [0.4, 0.5) is 5.82 Å². The average Bonchev–Trinajstić information content (AvgIpc) is 3.34. The lowest BCUT2D eigenvalue weighted by Gasteiger charge is -2.33. The van der Waals surface area contributed by atoms with Crippen LogP contribution >= 0.6 is 0 Å². The van der Waals surface area contributed by atoms with E-state index in [0.29, 0.717) is 12.2 Å². The van der Waals surface area contributed by atoms with Crippen LogP contribution in [-0.4, -0.2) is 47.3 Å². The first-order valence-electron chi connectivity index (χ1n) is 10.8. The van der Waals surface area contributed by atoms with Gasteiger partial charge in [0, 0.05) is 36.8 Å². The van der Waals surface area contributed by atoms with Gasteiger partial charge < -0.3 is 15.0 Å². The van der Waals surface area contributed by atoms with Gasteiger partial charge in [-0.25, -0.2) is 0 Å². The highest BCUT2D eigenvalue weighted by atomic mass is 16.5. The highest BCUT2D eigenvalue weighted by Crippen LogP contribution is 2.26. The fraction of sp³-hybridized carbons (Fsp3) is 0.240. The predicted octanol–water partition coefficient (Wildman–Crippen LogP) is 4.03. The van der Waals surface area contributed by atoms with Crippen molar-refractivity contribution in [2.24, 2.45) is 0 Å². The molecule has 0 bridgehead atoms. The van der Waals surface area contributed by atoms with Gasteiger partial charge in [-0.15, -0.1) is 0 Å². The minimum atomic E-state index is -0.130. The Hall–Kier alpha value is -3.87. The van der Waals surface area contributed by atoms with Crippen molar-refractivity contribution in [2.45, 2.75) is 18.9 Å². The van der Waals surface area contributed by atoms with Gasteiger partial charge in [0.25, 0.3) is 5.91 Å². The summed E-state index contributed by atoms with van der Waals surface area (Å²) < 4.78 is 5.23. The molecule has 0 aliphatic carbocycles. The van der Waals surface area contributed by atoms with Crippen LogP contribution in [0, 0.1) is 0 Å². The third kappa shape index (κ3) is 4.01. The number of aromatic nitrogens is 3. The number of anilines is 1. The summed E-state index contributed by atoms with van der Waals surface area (Å²) in [6.45, 7) is 1.62. The Morgan fingerprint density at radius 2 is 2.00 bits per heavy atom. The van der Waals surface area contributed by atoms with E-state index >= 15 is 0 Å². The number of nitrogens with one attached hydrogen (secondary N) is 2. The zero-order valence-corrected chi connectivity index (χ0v) is 17.9. The fourth-order valence-corrected chi connectivity index (χ4v) is 4.25. The van der Waals surface area contributed by atoms with Gasteiger partial charge in [-0.3, -0.25) is 14.9 Å². The van der Waals surface area contributed by atoms with Gasteiger partial charge in [-0.05, 0) is 54.1 Å². The normalized spacial score (nSPS) is 16.2. The van der Waals surface area contributed by atoms with E-state index in [1.54, 1.807) is 13.3 Å². The Bertz CT molecular complexity index is 1230. The topological polar surface area (TPSA) is 83.1 Å². The molecule has 0 saturated carbocycles. The van der Waals surface area contributed by atoms with Gasteiger partial charge in [-0.2, -0.15) is 5.10 Å². The third-order valence-electron chi connectivity index (χ3n) is 5.93. The van der Waals surface area contributed by atoms with Crippen LogP contribution in [-0.2, 0) is 0 Å². The number of methoxy groups -OCH3 is 1. The van der Waals surface area contributed by atoms with Gasteiger partial charge in [0.05, 0.1) is 12.8 Å². The Morgan fingerprint density at radius 3 is 2.84 bits per heavy atom. The number of nitrogens with zero attached hydrogens (tertiary/aromatic N) is 3. The second kappa shape index (κ2) is 8.70. The van der Waals surface area contributed by atoms with Crippen molar-refractivity contribution < 1.29 is 9.53 Å². The number of rotatable bonds is 5. The minimum absolute atomic E-state index is 0.0400. The first kappa shape index (κ1) is 20.1. The van der Waals surface area contributed by atoms with Crippen LogP contribution in [0.3, 0.4) is 0 Å². The molecule has 1 aliphatic rings. The van der Waals surface area contributed by atoms with Crippen molar-refractivity contribution in [2.75, 3.05) is 25.1 Å². The lowest BCUT2D eigenvalue weighted by Crippen LogP contribution is -2.48. The minimum Gasteiger partial charge on any atom is -0.497 e. The highest BCUT2D eigenvalue weighted by molar-refractivity contribution is 6.05. The van der Waals surface area contributed by atoms with Gasteiger partial charge in [0.15, 0.2) is 5.82 Å². The van der Waals surface area contributed by atoms with Crippen LogP contribution < -0.4 is 15.0 Å². The largest absolute Gasteiger partial charge is 0.497 e. The van der Waals surface area contributed by atoms with Crippen molar-refractivity contribution in [3.05, 3.63) is 72.6 Å². The molecule has 0 spiro atoms. The Balaban J connectivity index is 1.28. The quantitative estimate of drug-likeness (QED) is 0.502. The molecule has 5 rings (SSSR count). The smallest absolute Gasteiger partial charge is 0.270 e. The molecule has 1 amide bonds. The van der Waals surface area contributed by atoms with Crippen LogP contribution in [0.5, 0.6) is 5.75 Å². The molecule has 1 fully saturated rings. The van der Waals surface area contributed by atoms with E-state index in [1.165, 1.54) is 0 Å². The lowest BCUT2D eigenvalue weighted by atomic mass is 10.0. The number of aromatic amines is 1. The number of H-pyrrole nitrogens is 1. The average molecular weight is 428 g/mol. The molecule has 2 aromatic carbocycles. The van der Waals surface area contributed by atoms with E-state index in [0.717, 1.165) is 53.0 Å². The molecule has 3 heterocycles. The Morgan fingerprint density at radius 1 is 1.16 bits per heavy atom. The zero-order valence-electron chi connectivity index (χ0n) is 17.9. The summed E-state index contributed by atoms with van der Waals surface area (Å²) in [5.41, 5.74) is 2.48. The molecule has 2 N–H and O–H groups in total. The van der Waals surface area contributed by atoms with E-state index in [9.17, 15) is 4.79 Å². The van der Waals surface area contributed by atoms with E-state index < -0.39 is 0 Å². The number of hydrogen-bond donors (Lipinski definition) is 2. The Labute approximate surface area is 186 Å².